The van der Waals surface area contributed by atoms with E-state index < -0.39 is 70.6 Å². The normalized spacial score (nSPS) is 14.2. The zero-order valence-electron chi connectivity index (χ0n) is 20.8. The highest BCUT2D eigenvalue weighted by atomic mass is 32.2. The number of aromatic nitrogens is 4. The molecule has 2 aromatic rings. The summed E-state index contributed by atoms with van der Waals surface area (Å²) in [4.78, 5) is 3.78. The highest BCUT2D eigenvalue weighted by Crippen LogP contribution is 2.60. The van der Waals surface area contributed by atoms with Crippen LogP contribution in [0.3, 0.4) is 0 Å². The molecule has 0 unspecified atom stereocenters. The van der Waals surface area contributed by atoms with E-state index in [0.29, 0.717) is 0 Å². The Morgan fingerprint density at radius 1 is 0.814 bits per heavy atom. The third-order valence-electron chi connectivity index (χ3n) is 4.73. The Morgan fingerprint density at radius 2 is 1.28 bits per heavy atom. The lowest BCUT2D eigenvalue weighted by Gasteiger charge is -2.39. The van der Waals surface area contributed by atoms with Gasteiger partial charge in [0.25, 0.3) is 0 Å². The molecule has 0 aromatic carbocycles. The van der Waals surface area contributed by atoms with E-state index in [9.17, 15) is 87.6 Å². The van der Waals surface area contributed by atoms with Crippen molar-refractivity contribution in [2.45, 2.75) is 60.4 Å². The van der Waals surface area contributed by atoms with Crippen molar-refractivity contribution in [1.82, 2.24) is 14.1 Å². The van der Waals surface area contributed by atoms with Crippen molar-refractivity contribution in [3.8, 4) is 0 Å². The summed E-state index contributed by atoms with van der Waals surface area (Å²) in [6, 6.07) is 0. The summed E-state index contributed by atoms with van der Waals surface area (Å²) in [5.74, 6) is -36.6. The fourth-order valence-corrected chi connectivity index (χ4v) is 2.52. The lowest BCUT2D eigenvalue weighted by molar-refractivity contribution is -0.671. The largest absolute Gasteiger partial charge is 0.743 e. The summed E-state index contributed by atoms with van der Waals surface area (Å²) < 4.78 is 244. The van der Waals surface area contributed by atoms with Crippen LogP contribution in [0, 0.1) is 0 Å². The standard InChI is InChI=1S/C12H10F13N2.C4H6N2.C2H2F4O3S/c1-26-4-5-27(6-26)3-2-7(13,14)8(15,16)9(17,18)10(19,20)11(21,22)12(23,24)25;1-6-3-2-5-4-6;3-1(4)2(5,6)10(7,8)9/h4-6H,2-3H2,1H3;2-4H,1H3;1H,(H,7,8,9)/q+1;;/p-1. The second kappa shape index (κ2) is 13.0. The molecule has 2 rings (SSSR count). The lowest BCUT2D eigenvalue weighted by atomic mass is 9.92. The van der Waals surface area contributed by atoms with Crippen molar-refractivity contribution in [2.75, 3.05) is 0 Å². The van der Waals surface area contributed by atoms with Crippen molar-refractivity contribution in [1.29, 1.82) is 0 Å². The van der Waals surface area contributed by atoms with Crippen LogP contribution in [0.4, 0.5) is 74.6 Å². The van der Waals surface area contributed by atoms with Crippen molar-refractivity contribution in [2.24, 2.45) is 14.1 Å². The Labute approximate surface area is 229 Å². The highest BCUT2D eigenvalue weighted by Gasteiger charge is 2.90. The average Bonchev–Trinajstić information content (AvgIpc) is 3.47. The zero-order chi connectivity index (χ0) is 34.7. The van der Waals surface area contributed by atoms with Gasteiger partial charge in [0.15, 0.2) is 10.1 Å². The monoisotopic (exact) mass is 692 g/mol. The SMILES string of the molecule is C[n+]1ccn(CCC(F)(F)C(F)(F)C(F)(F)C(F)(F)C(F)(F)C(F)(F)F)c1.Cn1ccnc1.O=S(=O)([O-])C(F)(F)C(F)F. The first-order valence-electron chi connectivity index (χ1n) is 10.3. The predicted octanol–water partition coefficient (Wildman–Crippen LogP) is 5.25. The third kappa shape index (κ3) is 8.62. The Balaban J connectivity index is 0.000000891. The average molecular weight is 692 g/mol. The molecule has 0 saturated carbocycles. The van der Waals surface area contributed by atoms with E-state index in [1.807, 2.05) is 17.8 Å². The van der Waals surface area contributed by atoms with Crippen LogP contribution in [0.1, 0.15) is 6.42 Å². The maximum absolute atomic E-state index is 13.5. The van der Waals surface area contributed by atoms with Crippen molar-refractivity contribution >= 4 is 10.1 Å². The van der Waals surface area contributed by atoms with Gasteiger partial charge in [-0.25, -0.2) is 31.3 Å². The quantitative estimate of drug-likeness (QED) is 0.204. The summed E-state index contributed by atoms with van der Waals surface area (Å²) in [5.41, 5.74) is 0. The molecule has 0 aliphatic heterocycles. The minimum Gasteiger partial charge on any atom is -0.743 e. The Hall–Kier alpha value is -2.86. The van der Waals surface area contributed by atoms with Gasteiger partial charge in [0.1, 0.15) is 12.4 Å². The topological polar surface area (TPSA) is 83.8 Å². The summed E-state index contributed by atoms with van der Waals surface area (Å²) in [5, 5.41) is -5.48. The van der Waals surface area contributed by atoms with E-state index in [-0.39, 0.29) is 0 Å². The summed E-state index contributed by atoms with van der Waals surface area (Å²) in [6.07, 6.45) is -5.54. The second-order valence-electron chi connectivity index (χ2n) is 8.11. The Bertz CT molecular complexity index is 1260. The van der Waals surface area contributed by atoms with Crippen molar-refractivity contribution in [3.05, 3.63) is 37.4 Å². The van der Waals surface area contributed by atoms with E-state index in [2.05, 4.69) is 4.98 Å². The minimum absolute atomic E-state index is 0.741. The van der Waals surface area contributed by atoms with Gasteiger partial charge >= 0.3 is 47.5 Å². The number of imidazole rings is 2. The van der Waals surface area contributed by atoms with Gasteiger partial charge in [0, 0.05) is 19.4 Å². The molecule has 25 heteroatoms. The van der Waals surface area contributed by atoms with Crippen molar-refractivity contribution < 1.29 is 92.2 Å². The Morgan fingerprint density at radius 3 is 1.53 bits per heavy atom. The van der Waals surface area contributed by atoms with Crippen LogP contribution in [-0.4, -0.2) is 74.6 Å². The number of nitrogens with zero attached hydrogens (tertiary/aromatic N) is 4. The number of hydrogen-bond acceptors (Lipinski definition) is 4. The van der Waals surface area contributed by atoms with Gasteiger partial charge in [-0.15, -0.1) is 0 Å². The third-order valence-corrected chi connectivity index (χ3v) is 5.57. The van der Waals surface area contributed by atoms with E-state index in [0.717, 1.165) is 17.1 Å². The van der Waals surface area contributed by atoms with Crippen LogP contribution in [0.25, 0.3) is 0 Å². The Kier molecular flexibility index (Phi) is 12.1. The molecule has 0 fully saturated rings. The van der Waals surface area contributed by atoms with Gasteiger partial charge in [-0.2, -0.15) is 65.9 Å². The molecule has 0 radical (unpaired) electrons. The fraction of sp³-hybridized carbons (Fsp3) is 0.667. The number of halogens is 17. The van der Waals surface area contributed by atoms with Crippen LogP contribution < -0.4 is 4.57 Å². The first-order valence-corrected chi connectivity index (χ1v) is 11.7. The first kappa shape index (κ1) is 40.1. The van der Waals surface area contributed by atoms with Crippen LogP contribution >= 0.6 is 0 Å². The van der Waals surface area contributed by atoms with E-state index in [1.54, 1.807) is 12.5 Å². The molecule has 252 valence electrons. The smallest absolute Gasteiger partial charge is 0.460 e. The molecule has 0 spiro atoms. The maximum Gasteiger partial charge on any atom is 0.460 e. The van der Waals surface area contributed by atoms with Crippen LogP contribution in [0.5, 0.6) is 0 Å². The molecule has 0 aliphatic rings. The molecule has 0 amide bonds. The number of rotatable bonds is 9. The van der Waals surface area contributed by atoms with Crippen LogP contribution in [-0.2, 0) is 30.8 Å². The van der Waals surface area contributed by atoms with Gasteiger partial charge in [-0.3, -0.25) is 0 Å². The molecule has 0 saturated heterocycles. The van der Waals surface area contributed by atoms with E-state index in [4.69, 9.17) is 0 Å². The molecule has 2 heterocycles. The van der Waals surface area contributed by atoms with Gasteiger partial charge in [-0.05, 0) is 0 Å². The second-order valence-corrected chi connectivity index (χ2v) is 9.56. The summed E-state index contributed by atoms with van der Waals surface area (Å²) in [6.45, 7) is -1.15. The predicted molar refractivity (Wildman–Crippen MR) is 105 cm³/mol. The van der Waals surface area contributed by atoms with Gasteiger partial charge in [-0.1, -0.05) is 0 Å². The maximum atomic E-state index is 13.5. The number of alkyl halides is 17. The molecule has 2 aromatic heterocycles. The highest BCUT2D eigenvalue weighted by molar-refractivity contribution is 7.86. The molecule has 0 atom stereocenters. The molecule has 43 heavy (non-hydrogen) atoms. The molecule has 0 N–H and O–H groups in total. The molecule has 0 aliphatic carbocycles. The van der Waals surface area contributed by atoms with Gasteiger partial charge < -0.3 is 9.12 Å². The zero-order valence-corrected chi connectivity index (χ0v) is 21.6. The first-order chi connectivity index (χ1) is 18.8. The van der Waals surface area contributed by atoms with Crippen LogP contribution in [0.15, 0.2) is 37.4 Å². The van der Waals surface area contributed by atoms with Gasteiger partial charge in [0.2, 0.25) is 6.33 Å². The number of hydrogen-bond donors (Lipinski definition) is 0. The summed E-state index contributed by atoms with van der Waals surface area (Å²) >= 11 is 0. The van der Waals surface area contributed by atoms with Gasteiger partial charge in [0.05, 0.1) is 26.3 Å². The number of aryl methyl sites for hydroxylation is 3. The molecular formula is C18H17F17N4O3S. The van der Waals surface area contributed by atoms with Crippen molar-refractivity contribution in [3.63, 3.8) is 0 Å². The van der Waals surface area contributed by atoms with E-state index >= 15 is 0 Å². The van der Waals surface area contributed by atoms with E-state index in [1.165, 1.54) is 17.8 Å². The molecule has 7 nitrogen and oxygen atoms in total. The van der Waals surface area contributed by atoms with Crippen LogP contribution in [0.2, 0.25) is 0 Å². The molecular weight excluding hydrogens is 675 g/mol. The fourth-order valence-electron chi connectivity index (χ4n) is 2.30. The summed E-state index contributed by atoms with van der Waals surface area (Å²) in [7, 11) is -2.95. The molecule has 0 bridgehead atoms. The lowest BCUT2D eigenvalue weighted by Crippen LogP contribution is -2.70. The minimum atomic E-state index is -7.86.